The largest absolute Gasteiger partial charge is 0.510 e. The zero-order valence-electron chi connectivity index (χ0n) is 8.56. The van der Waals surface area contributed by atoms with Crippen LogP contribution in [0.5, 0.6) is 0 Å². The summed E-state index contributed by atoms with van der Waals surface area (Å²) in [6.07, 6.45) is 6.89. The predicted octanol–water partition coefficient (Wildman–Crippen LogP) is 2.31. The van der Waals surface area contributed by atoms with E-state index in [1.165, 1.54) is 6.42 Å². The van der Waals surface area contributed by atoms with Gasteiger partial charge in [-0.1, -0.05) is 25.3 Å². The minimum atomic E-state index is -2.40. The van der Waals surface area contributed by atoms with Crippen molar-refractivity contribution in [3.05, 3.63) is 11.6 Å². The van der Waals surface area contributed by atoms with Crippen molar-refractivity contribution in [2.75, 3.05) is 6.16 Å². The van der Waals surface area contributed by atoms with Crippen molar-refractivity contribution < 1.29 is 19.4 Å². The molecule has 0 bridgehead atoms. The minimum absolute atomic E-state index is 0.0884. The molecular weight excluding hydrogens is 215 g/mol. The lowest BCUT2D eigenvalue weighted by atomic mass is 9.88. The molecule has 1 rings (SSSR count). The summed E-state index contributed by atoms with van der Waals surface area (Å²) in [5, 5.41) is 8.84. The van der Waals surface area contributed by atoms with E-state index in [-0.39, 0.29) is 17.7 Å². The summed E-state index contributed by atoms with van der Waals surface area (Å²) in [5.41, 5.74) is 0.0884. The second-order valence-corrected chi connectivity index (χ2v) is 4.93. The van der Waals surface area contributed by atoms with Crippen LogP contribution in [-0.4, -0.2) is 22.1 Å². The van der Waals surface area contributed by atoms with Crippen molar-refractivity contribution in [1.82, 2.24) is 0 Å². The molecule has 0 aromatic heterocycles. The van der Waals surface area contributed by atoms with Crippen LogP contribution in [0.25, 0.3) is 0 Å². The maximum Gasteiger partial charge on any atom is 0.510 e. The molecule has 1 saturated carbocycles. The second kappa shape index (κ2) is 5.99. The van der Waals surface area contributed by atoms with E-state index >= 15 is 0 Å². The van der Waals surface area contributed by atoms with E-state index in [0.29, 0.717) is 0 Å². The summed E-state index contributed by atoms with van der Waals surface area (Å²) in [5.74, 6) is -0.794. The number of rotatable bonds is 4. The Bertz CT molecular complexity index is 279. The summed E-state index contributed by atoms with van der Waals surface area (Å²) < 4.78 is 10.6. The Morgan fingerprint density at radius 2 is 1.93 bits per heavy atom. The molecule has 0 saturated heterocycles. The Morgan fingerprint density at radius 3 is 2.40 bits per heavy atom. The van der Waals surface area contributed by atoms with Crippen LogP contribution >= 0.6 is 8.03 Å². The third-order valence-electron chi connectivity index (χ3n) is 2.67. The molecule has 0 aliphatic heterocycles. The van der Waals surface area contributed by atoms with Crippen LogP contribution in [0.4, 0.5) is 0 Å². The molecule has 1 atom stereocenters. The number of carbonyl (C=O) groups is 1. The lowest BCUT2D eigenvalue weighted by molar-refractivity contribution is -0.132. The average molecular weight is 231 g/mol. The van der Waals surface area contributed by atoms with Crippen molar-refractivity contribution >= 4 is 14.0 Å². The molecule has 0 aromatic carbocycles. The molecule has 4 nitrogen and oxygen atoms in total. The Balaban J connectivity index is 2.64. The number of hydrogen-bond acceptors (Lipinski definition) is 2. The number of carboxylic acid groups (broad SMARTS) is 1. The average Bonchev–Trinajstić information content (AvgIpc) is 2.17. The second-order valence-electron chi connectivity index (χ2n) is 3.91. The zero-order valence-corrected chi connectivity index (χ0v) is 9.45. The standard InChI is InChI=1S/C10H15O4P/c11-10(12)9(7-15(13)14)6-8-4-2-1-3-5-8/h6,8H,1-5,7H2,(H-,11,12,13,14)/p+1. The molecule has 84 valence electrons. The third kappa shape index (κ3) is 4.54. The predicted molar refractivity (Wildman–Crippen MR) is 57.0 cm³/mol. The van der Waals surface area contributed by atoms with E-state index in [9.17, 15) is 9.36 Å². The molecule has 2 N–H and O–H groups in total. The van der Waals surface area contributed by atoms with Crippen LogP contribution < -0.4 is 0 Å². The van der Waals surface area contributed by atoms with Crippen molar-refractivity contribution in [1.29, 1.82) is 0 Å². The monoisotopic (exact) mass is 231 g/mol. The summed E-state index contributed by atoms with van der Waals surface area (Å²) in [7, 11) is -2.40. The highest BCUT2D eigenvalue weighted by Gasteiger charge is 2.22. The fraction of sp³-hybridized carbons (Fsp3) is 0.700. The molecule has 15 heavy (non-hydrogen) atoms. The smallest absolute Gasteiger partial charge is 0.478 e. The van der Waals surface area contributed by atoms with Crippen LogP contribution in [0.3, 0.4) is 0 Å². The first-order valence-corrected chi connectivity index (χ1v) is 6.57. The van der Waals surface area contributed by atoms with E-state index in [0.717, 1.165) is 25.7 Å². The van der Waals surface area contributed by atoms with Crippen molar-refractivity contribution in [2.45, 2.75) is 32.1 Å². The Hall–Kier alpha value is -0.730. The van der Waals surface area contributed by atoms with Gasteiger partial charge in [0.05, 0.1) is 5.57 Å². The van der Waals surface area contributed by atoms with Crippen LogP contribution in [-0.2, 0) is 9.36 Å². The zero-order chi connectivity index (χ0) is 11.3. The first-order valence-electron chi connectivity index (χ1n) is 5.17. The fourth-order valence-corrected chi connectivity index (χ4v) is 2.45. The quantitative estimate of drug-likeness (QED) is 0.575. The minimum Gasteiger partial charge on any atom is -0.478 e. The summed E-state index contributed by atoms with van der Waals surface area (Å²) >= 11 is 0. The normalized spacial score (nSPS) is 20.1. The molecular formula is C10H16O4P+. The van der Waals surface area contributed by atoms with E-state index in [1.54, 1.807) is 6.08 Å². The highest BCUT2D eigenvalue weighted by atomic mass is 31.1. The van der Waals surface area contributed by atoms with Gasteiger partial charge in [-0.15, -0.1) is 0 Å². The van der Waals surface area contributed by atoms with Gasteiger partial charge in [-0.2, -0.15) is 4.89 Å². The van der Waals surface area contributed by atoms with Gasteiger partial charge >= 0.3 is 14.0 Å². The van der Waals surface area contributed by atoms with Gasteiger partial charge in [0.15, 0.2) is 0 Å². The van der Waals surface area contributed by atoms with E-state index in [4.69, 9.17) is 10.00 Å². The number of allylic oxidation sites excluding steroid dienone is 1. The summed E-state index contributed by atoms with van der Waals surface area (Å²) in [6, 6.07) is 0. The molecule has 0 heterocycles. The van der Waals surface area contributed by atoms with E-state index in [2.05, 4.69) is 0 Å². The molecule has 1 fully saturated rings. The van der Waals surface area contributed by atoms with Gasteiger partial charge in [-0.3, -0.25) is 0 Å². The number of carboxylic acids is 1. The molecule has 0 spiro atoms. The SMILES string of the molecule is O=C(O)C(=CC1CCCCC1)C[P+](=O)O. The van der Waals surface area contributed by atoms with Crippen molar-refractivity contribution in [3.8, 4) is 0 Å². The van der Waals surface area contributed by atoms with Gasteiger partial charge in [-0.25, -0.2) is 4.79 Å². The Labute approximate surface area is 89.9 Å². The van der Waals surface area contributed by atoms with Gasteiger partial charge < -0.3 is 5.11 Å². The van der Waals surface area contributed by atoms with Gasteiger partial charge in [0, 0.05) is 0 Å². The maximum absolute atomic E-state index is 10.8. The molecule has 0 amide bonds. The fourth-order valence-electron chi connectivity index (χ4n) is 1.92. The first-order chi connectivity index (χ1) is 7.09. The first kappa shape index (κ1) is 12.3. The topological polar surface area (TPSA) is 74.6 Å². The van der Waals surface area contributed by atoms with Crippen molar-refractivity contribution in [2.24, 2.45) is 5.92 Å². The lowest BCUT2D eigenvalue weighted by Crippen LogP contribution is -2.09. The Kier molecular flexibility index (Phi) is 4.92. The van der Waals surface area contributed by atoms with Gasteiger partial charge in [0.1, 0.15) is 0 Å². The van der Waals surface area contributed by atoms with Gasteiger partial charge in [0.2, 0.25) is 6.16 Å². The van der Waals surface area contributed by atoms with Crippen LogP contribution in [0.15, 0.2) is 11.6 Å². The highest BCUT2D eigenvalue weighted by Crippen LogP contribution is 2.27. The molecule has 0 aromatic rings. The molecule has 1 unspecified atom stereocenters. The molecule has 1 aliphatic rings. The Morgan fingerprint density at radius 1 is 1.33 bits per heavy atom. The van der Waals surface area contributed by atoms with Crippen molar-refractivity contribution in [3.63, 3.8) is 0 Å². The lowest BCUT2D eigenvalue weighted by Gasteiger charge is -2.18. The van der Waals surface area contributed by atoms with Gasteiger partial charge in [-0.05, 0) is 23.3 Å². The number of hydrogen-bond donors (Lipinski definition) is 2. The number of aliphatic carboxylic acids is 1. The molecule has 5 heteroatoms. The van der Waals surface area contributed by atoms with E-state index < -0.39 is 14.0 Å². The summed E-state index contributed by atoms with van der Waals surface area (Å²) in [4.78, 5) is 19.5. The summed E-state index contributed by atoms with van der Waals surface area (Å²) in [6.45, 7) is 0. The van der Waals surface area contributed by atoms with E-state index in [1.807, 2.05) is 0 Å². The van der Waals surface area contributed by atoms with Crippen LogP contribution in [0.2, 0.25) is 0 Å². The maximum atomic E-state index is 10.8. The molecule has 0 radical (unpaired) electrons. The van der Waals surface area contributed by atoms with Gasteiger partial charge in [0.25, 0.3) is 0 Å². The van der Waals surface area contributed by atoms with Crippen LogP contribution in [0.1, 0.15) is 32.1 Å². The highest BCUT2D eigenvalue weighted by molar-refractivity contribution is 7.38. The molecule has 1 aliphatic carbocycles. The van der Waals surface area contributed by atoms with Crippen LogP contribution in [0, 0.1) is 5.92 Å². The third-order valence-corrected chi connectivity index (χ3v) is 3.28.